The fraction of sp³-hybridized carbons (Fsp3) is 0.192. The zero-order valence-corrected chi connectivity index (χ0v) is 20.4. The Hall–Kier alpha value is -3.20. The Morgan fingerprint density at radius 1 is 1.06 bits per heavy atom. The first-order valence-corrected chi connectivity index (χ1v) is 12.8. The van der Waals surface area contributed by atoms with Crippen LogP contribution in [0.5, 0.6) is 0 Å². The molecule has 0 atom stereocenters. The van der Waals surface area contributed by atoms with Gasteiger partial charge in [-0.2, -0.15) is 0 Å². The fourth-order valence-corrected chi connectivity index (χ4v) is 4.70. The van der Waals surface area contributed by atoms with E-state index in [1.54, 1.807) is 12.1 Å². The number of nitrogens with one attached hydrogen (secondary N) is 1. The number of nitrogen functional groups attached to an aromatic ring is 1. The van der Waals surface area contributed by atoms with Gasteiger partial charge in [0.05, 0.1) is 15.6 Å². The lowest BCUT2D eigenvalue weighted by molar-refractivity contribution is -0.137. The maximum absolute atomic E-state index is 13.8. The molecule has 3 aromatic carbocycles. The second-order valence-electron chi connectivity index (χ2n) is 7.94. The number of halogens is 2. The highest BCUT2D eigenvalue weighted by Gasteiger charge is 2.15. The Morgan fingerprint density at radius 2 is 1.80 bits per heavy atom. The molecule has 3 rings (SSSR count). The molecule has 0 heterocycles. The lowest BCUT2D eigenvalue weighted by Gasteiger charge is -2.11. The van der Waals surface area contributed by atoms with Gasteiger partial charge in [0.2, 0.25) is 10.0 Å². The number of carboxylic acid groups (broad SMARTS) is 1. The monoisotopic (exact) mass is 516 g/mol. The van der Waals surface area contributed by atoms with Gasteiger partial charge in [-0.25, -0.2) is 17.5 Å². The van der Waals surface area contributed by atoms with Gasteiger partial charge in [-0.3, -0.25) is 4.79 Å². The van der Waals surface area contributed by atoms with E-state index in [-0.39, 0.29) is 34.4 Å². The van der Waals surface area contributed by atoms with Crippen LogP contribution in [0.2, 0.25) is 5.02 Å². The van der Waals surface area contributed by atoms with Gasteiger partial charge in [0.25, 0.3) is 0 Å². The Kier molecular flexibility index (Phi) is 9.03. The van der Waals surface area contributed by atoms with Gasteiger partial charge in [0, 0.05) is 13.0 Å². The molecule has 0 saturated carbocycles. The highest BCUT2D eigenvalue weighted by atomic mass is 35.5. The largest absolute Gasteiger partial charge is 0.481 e. The van der Waals surface area contributed by atoms with Crippen LogP contribution < -0.4 is 10.5 Å². The van der Waals surface area contributed by atoms with Crippen molar-refractivity contribution >= 4 is 38.9 Å². The SMILES string of the molecule is Nc1cc(S(=O)(=O)NCCc2ccc(/C(=C\CCCC(=O)O)c3cccc(F)c3)cc2)ccc1Cl. The Labute approximate surface area is 209 Å². The summed E-state index contributed by atoms with van der Waals surface area (Å²) in [5.41, 5.74) is 9.16. The van der Waals surface area contributed by atoms with Crippen molar-refractivity contribution in [1.82, 2.24) is 4.72 Å². The van der Waals surface area contributed by atoms with Crippen molar-refractivity contribution in [3.8, 4) is 0 Å². The van der Waals surface area contributed by atoms with Crippen LogP contribution in [0.15, 0.2) is 77.7 Å². The van der Waals surface area contributed by atoms with Crippen LogP contribution in [0.1, 0.15) is 36.0 Å². The number of unbranched alkanes of at least 4 members (excludes halogenated alkanes) is 1. The van der Waals surface area contributed by atoms with Crippen LogP contribution in [0.4, 0.5) is 10.1 Å². The predicted molar refractivity (Wildman–Crippen MR) is 136 cm³/mol. The number of hydrogen-bond donors (Lipinski definition) is 3. The first-order chi connectivity index (χ1) is 16.7. The summed E-state index contributed by atoms with van der Waals surface area (Å²) < 4.78 is 41.4. The predicted octanol–water partition coefficient (Wildman–Crippen LogP) is 5.27. The standard InChI is InChI=1S/C26H26ClFN2O4S/c27-24-13-12-22(17-25(24)29)35(33,34)30-15-14-18-8-10-19(11-9-18)23(6-1-2-7-26(31)32)20-4-3-5-21(28)16-20/h3-6,8-13,16-17,30H,1-2,7,14-15,29H2,(H,31,32)/b23-6+. The summed E-state index contributed by atoms with van der Waals surface area (Å²) in [6.45, 7) is 0.187. The maximum atomic E-state index is 13.8. The molecule has 0 amide bonds. The molecule has 35 heavy (non-hydrogen) atoms. The van der Waals surface area contributed by atoms with Gasteiger partial charge in [0.15, 0.2) is 0 Å². The average molecular weight is 517 g/mol. The van der Waals surface area contributed by atoms with Crippen LogP contribution in [0.3, 0.4) is 0 Å². The summed E-state index contributed by atoms with van der Waals surface area (Å²) in [5.74, 6) is -1.21. The molecular weight excluding hydrogens is 491 g/mol. The molecule has 0 bridgehead atoms. The van der Waals surface area contributed by atoms with Gasteiger partial charge in [-0.05, 0) is 71.9 Å². The lowest BCUT2D eigenvalue weighted by atomic mass is 9.95. The van der Waals surface area contributed by atoms with E-state index in [4.69, 9.17) is 22.4 Å². The number of carboxylic acids is 1. The van der Waals surface area contributed by atoms with Gasteiger partial charge in [-0.1, -0.05) is 54.1 Å². The Balaban J connectivity index is 1.69. The van der Waals surface area contributed by atoms with Crippen LogP contribution >= 0.6 is 11.6 Å². The number of anilines is 1. The Bertz CT molecular complexity index is 1330. The summed E-state index contributed by atoms with van der Waals surface area (Å²) in [4.78, 5) is 10.8. The van der Waals surface area contributed by atoms with E-state index in [2.05, 4.69) is 4.72 Å². The molecule has 6 nitrogen and oxygen atoms in total. The molecule has 4 N–H and O–H groups in total. The van der Waals surface area contributed by atoms with E-state index in [1.807, 2.05) is 30.3 Å². The molecule has 0 fully saturated rings. The third kappa shape index (κ3) is 7.65. The summed E-state index contributed by atoms with van der Waals surface area (Å²) in [6, 6.07) is 17.9. The molecule has 9 heteroatoms. The summed E-state index contributed by atoms with van der Waals surface area (Å²) in [5, 5.41) is 9.15. The van der Waals surface area contributed by atoms with Gasteiger partial charge >= 0.3 is 5.97 Å². The summed E-state index contributed by atoms with van der Waals surface area (Å²) >= 11 is 5.86. The van der Waals surface area contributed by atoms with E-state index < -0.39 is 16.0 Å². The normalized spacial score (nSPS) is 12.0. The van der Waals surface area contributed by atoms with Gasteiger partial charge < -0.3 is 10.8 Å². The smallest absolute Gasteiger partial charge is 0.303 e. The van der Waals surface area contributed by atoms with E-state index in [1.165, 1.54) is 30.3 Å². The highest BCUT2D eigenvalue weighted by Crippen LogP contribution is 2.26. The molecule has 0 aliphatic heterocycles. The minimum atomic E-state index is -3.73. The minimum Gasteiger partial charge on any atom is -0.481 e. The maximum Gasteiger partial charge on any atom is 0.303 e. The number of hydrogen-bond acceptors (Lipinski definition) is 4. The fourth-order valence-electron chi connectivity index (χ4n) is 3.51. The molecule has 0 aromatic heterocycles. The van der Waals surface area contributed by atoms with Crippen molar-refractivity contribution < 1.29 is 22.7 Å². The molecule has 3 aromatic rings. The molecule has 0 saturated heterocycles. The van der Waals surface area contributed by atoms with Crippen LogP contribution in [-0.2, 0) is 21.2 Å². The molecule has 0 radical (unpaired) electrons. The first kappa shape index (κ1) is 26.4. The third-order valence-corrected chi connectivity index (χ3v) is 7.13. The Morgan fingerprint density at radius 3 is 2.46 bits per heavy atom. The number of benzene rings is 3. The van der Waals surface area contributed by atoms with E-state index in [0.29, 0.717) is 24.8 Å². The molecule has 184 valence electrons. The zero-order chi connectivity index (χ0) is 25.4. The van der Waals surface area contributed by atoms with Crippen molar-refractivity contribution in [2.75, 3.05) is 12.3 Å². The first-order valence-electron chi connectivity index (χ1n) is 11.0. The lowest BCUT2D eigenvalue weighted by Crippen LogP contribution is -2.26. The van der Waals surface area contributed by atoms with Crippen LogP contribution in [0, 0.1) is 5.82 Å². The average Bonchev–Trinajstić information content (AvgIpc) is 2.81. The number of allylic oxidation sites excluding steroid dienone is 1. The number of rotatable bonds is 11. The third-order valence-electron chi connectivity index (χ3n) is 5.33. The number of sulfonamides is 1. The summed E-state index contributed by atoms with van der Waals surface area (Å²) in [6.07, 6.45) is 3.45. The van der Waals surface area contributed by atoms with E-state index >= 15 is 0 Å². The zero-order valence-electron chi connectivity index (χ0n) is 18.9. The molecule has 0 aliphatic rings. The van der Waals surface area contributed by atoms with Crippen molar-refractivity contribution in [2.24, 2.45) is 0 Å². The highest BCUT2D eigenvalue weighted by molar-refractivity contribution is 7.89. The quantitative estimate of drug-likeness (QED) is 0.237. The second kappa shape index (κ2) is 12.0. The number of aliphatic carboxylic acids is 1. The van der Waals surface area contributed by atoms with Crippen LogP contribution in [0.25, 0.3) is 5.57 Å². The number of nitrogens with two attached hydrogens (primary N) is 1. The van der Waals surface area contributed by atoms with Gasteiger partial charge in [0.1, 0.15) is 5.82 Å². The molecular formula is C26H26ClFN2O4S. The molecule has 0 unspecified atom stereocenters. The van der Waals surface area contributed by atoms with E-state index in [0.717, 1.165) is 16.7 Å². The van der Waals surface area contributed by atoms with E-state index in [9.17, 15) is 17.6 Å². The summed E-state index contributed by atoms with van der Waals surface area (Å²) in [7, 11) is -3.73. The topological polar surface area (TPSA) is 109 Å². The van der Waals surface area contributed by atoms with Crippen molar-refractivity contribution in [2.45, 2.75) is 30.6 Å². The number of carbonyl (C=O) groups is 1. The van der Waals surface area contributed by atoms with Gasteiger partial charge in [-0.15, -0.1) is 0 Å². The van der Waals surface area contributed by atoms with Crippen LogP contribution in [-0.4, -0.2) is 26.0 Å². The minimum absolute atomic E-state index is 0.0440. The molecule has 0 aliphatic carbocycles. The van der Waals surface area contributed by atoms with Crippen molar-refractivity contribution in [3.05, 3.63) is 100 Å². The van der Waals surface area contributed by atoms with Crippen molar-refractivity contribution in [3.63, 3.8) is 0 Å². The molecule has 0 spiro atoms. The van der Waals surface area contributed by atoms with Crippen molar-refractivity contribution in [1.29, 1.82) is 0 Å². The second-order valence-corrected chi connectivity index (χ2v) is 10.1.